The standard InChI is InChI=1S/C9H13N3O3S/c1-2-16(15)6-5-10-9-4-3-8(7-11-9)12(13)14/h3-4,7H,2,5-6H2,1H3,(H,10,11). The molecule has 0 aliphatic heterocycles. The van der Waals surface area contributed by atoms with E-state index in [0.29, 0.717) is 23.9 Å². The monoisotopic (exact) mass is 243 g/mol. The molecule has 0 fully saturated rings. The van der Waals surface area contributed by atoms with Gasteiger partial charge < -0.3 is 5.32 Å². The molecular weight excluding hydrogens is 230 g/mol. The number of nitrogens with zero attached hydrogens (tertiary/aromatic N) is 2. The second-order valence-corrected chi connectivity index (χ2v) is 4.88. The largest absolute Gasteiger partial charge is 0.369 e. The number of hydrogen-bond donors (Lipinski definition) is 1. The Hall–Kier alpha value is -1.50. The lowest BCUT2D eigenvalue weighted by Crippen LogP contribution is -2.12. The predicted octanol–water partition coefficient (Wildman–Crippen LogP) is 1.17. The molecule has 0 bridgehead atoms. The van der Waals surface area contributed by atoms with Gasteiger partial charge in [-0.15, -0.1) is 0 Å². The van der Waals surface area contributed by atoms with Crippen molar-refractivity contribution in [2.45, 2.75) is 6.92 Å². The molecule has 1 heterocycles. The molecule has 1 aromatic heterocycles. The van der Waals surface area contributed by atoms with Crippen molar-refractivity contribution < 1.29 is 9.13 Å². The van der Waals surface area contributed by atoms with E-state index in [0.717, 1.165) is 0 Å². The van der Waals surface area contributed by atoms with E-state index in [4.69, 9.17) is 0 Å². The third-order valence-corrected chi connectivity index (χ3v) is 3.22. The number of nitrogens with one attached hydrogen (secondary N) is 1. The molecule has 0 aliphatic rings. The first-order chi connectivity index (χ1) is 7.63. The van der Waals surface area contributed by atoms with E-state index in [2.05, 4.69) is 10.3 Å². The zero-order valence-corrected chi connectivity index (χ0v) is 9.70. The minimum atomic E-state index is -0.811. The molecule has 0 radical (unpaired) electrons. The van der Waals surface area contributed by atoms with Crippen LogP contribution in [-0.2, 0) is 10.8 Å². The quantitative estimate of drug-likeness (QED) is 0.598. The van der Waals surface area contributed by atoms with E-state index in [9.17, 15) is 14.3 Å². The zero-order valence-electron chi connectivity index (χ0n) is 8.88. The smallest absolute Gasteiger partial charge is 0.287 e. The fraction of sp³-hybridized carbons (Fsp3) is 0.444. The highest BCUT2D eigenvalue weighted by molar-refractivity contribution is 7.84. The second-order valence-electron chi connectivity index (χ2n) is 3.02. The van der Waals surface area contributed by atoms with Crippen LogP contribution in [0.3, 0.4) is 0 Å². The molecule has 1 atom stereocenters. The van der Waals surface area contributed by atoms with Crippen LogP contribution in [0.4, 0.5) is 11.5 Å². The van der Waals surface area contributed by atoms with Gasteiger partial charge in [-0.2, -0.15) is 0 Å². The second kappa shape index (κ2) is 6.16. The van der Waals surface area contributed by atoms with Crippen molar-refractivity contribution in [3.63, 3.8) is 0 Å². The molecule has 0 spiro atoms. The summed E-state index contributed by atoms with van der Waals surface area (Å²) in [4.78, 5) is 13.7. The van der Waals surface area contributed by atoms with Gasteiger partial charge in [0.05, 0.1) is 4.92 Å². The van der Waals surface area contributed by atoms with E-state index in [1.807, 2.05) is 6.92 Å². The van der Waals surface area contributed by atoms with E-state index < -0.39 is 15.7 Å². The summed E-state index contributed by atoms with van der Waals surface area (Å²) in [5.74, 6) is 1.74. The predicted molar refractivity (Wildman–Crippen MR) is 62.9 cm³/mol. The Morgan fingerprint density at radius 2 is 2.31 bits per heavy atom. The van der Waals surface area contributed by atoms with Crippen LogP contribution in [0.5, 0.6) is 0 Å². The SMILES string of the molecule is CCS(=O)CCNc1ccc([N+](=O)[O-])cn1. The minimum Gasteiger partial charge on any atom is -0.369 e. The molecular formula is C9H13N3O3S. The van der Waals surface area contributed by atoms with Crippen molar-refractivity contribution >= 4 is 22.3 Å². The topological polar surface area (TPSA) is 85.1 Å². The lowest BCUT2D eigenvalue weighted by atomic mass is 10.4. The van der Waals surface area contributed by atoms with Crippen molar-refractivity contribution in [2.75, 3.05) is 23.4 Å². The van der Waals surface area contributed by atoms with Gasteiger partial charge in [0.2, 0.25) is 0 Å². The van der Waals surface area contributed by atoms with E-state index in [1.54, 1.807) is 0 Å². The van der Waals surface area contributed by atoms with Gasteiger partial charge in [-0.3, -0.25) is 14.3 Å². The summed E-state index contributed by atoms with van der Waals surface area (Å²) in [6, 6.07) is 2.92. The molecule has 1 aromatic rings. The lowest BCUT2D eigenvalue weighted by Gasteiger charge is -2.03. The molecule has 16 heavy (non-hydrogen) atoms. The Morgan fingerprint density at radius 1 is 1.56 bits per heavy atom. The van der Waals surface area contributed by atoms with Crippen molar-refractivity contribution in [3.05, 3.63) is 28.4 Å². The van der Waals surface area contributed by atoms with Crippen molar-refractivity contribution in [1.82, 2.24) is 4.98 Å². The number of rotatable bonds is 6. The Balaban J connectivity index is 2.43. The number of pyridine rings is 1. The highest BCUT2D eigenvalue weighted by atomic mass is 32.2. The van der Waals surface area contributed by atoms with Gasteiger partial charge in [0.25, 0.3) is 5.69 Å². The Kier molecular flexibility index (Phi) is 4.84. The van der Waals surface area contributed by atoms with Crippen LogP contribution in [0.15, 0.2) is 18.3 Å². The zero-order chi connectivity index (χ0) is 12.0. The van der Waals surface area contributed by atoms with E-state index in [1.165, 1.54) is 18.3 Å². The van der Waals surface area contributed by atoms with E-state index >= 15 is 0 Å². The molecule has 6 nitrogen and oxygen atoms in total. The fourth-order valence-electron chi connectivity index (χ4n) is 1.04. The van der Waals surface area contributed by atoms with Crippen LogP contribution < -0.4 is 5.32 Å². The summed E-state index contributed by atoms with van der Waals surface area (Å²) in [5.41, 5.74) is -0.0392. The van der Waals surface area contributed by atoms with Crippen molar-refractivity contribution in [1.29, 1.82) is 0 Å². The normalized spacial score (nSPS) is 12.1. The molecule has 0 aliphatic carbocycles. The molecule has 1 rings (SSSR count). The summed E-state index contributed by atoms with van der Waals surface area (Å²) in [6.45, 7) is 2.41. The third-order valence-electron chi connectivity index (χ3n) is 1.92. The fourth-order valence-corrected chi connectivity index (χ4v) is 1.65. The van der Waals surface area contributed by atoms with Crippen molar-refractivity contribution in [3.8, 4) is 0 Å². The number of nitro groups is 1. The van der Waals surface area contributed by atoms with Crippen LogP contribution in [0.2, 0.25) is 0 Å². The maximum Gasteiger partial charge on any atom is 0.287 e. The van der Waals surface area contributed by atoms with Gasteiger partial charge >= 0.3 is 0 Å². The molecule has 0 aromatic carbocycles. The summed E-state index contributed by atoms with van der Waals surface area (Å²) in [6.07, 6.45) is 1.19. The first-order valence-corrected chi connectivity index (χ1v) is 6.31. The molecule has 1 N–H and O–H groups in total. The van der Waals surface area contributed by atoms with E-state index in [-0.39, 0.29) is 5.69 Å². The molecule has 7 heteroatoms. The molecule has 88 valence electrons. The van der Waals surface area contributed by atoms with Gasteiger partial charge in [-0.25, -0.2) is 4.98 Å². The number of hydrogen-bond acceptors (Lipinski definition) is 5. The first-order valence-electron chi connectivity index (χ1n) is 4.82. The summed E-state index contributed by atoms with van der Waals surface area (Å²) in [7, 11) is -0.811. The minimum absolute atomic E-state index is 0.0392. The summed E-state index contributed by atoms with van der Waals surface area (Å²) >= 11 is 0. The van der Waals surface area contributed by atoms with Gasteiger partial charge in [0.15, 0.2) is 0 Å². The van der Waals surface area contributed by atoms with Crippen LogP contribution in [0.1, 0.15) is 6.92 Å². The average molecular weight is 243 g/mol. The summed E-state index contributed by atoms with van der Waals surface area (Å²) in [5, 5.41) is 13.3. The van der Waals surface area contributed by atoms with Crippen LogP contribution in [-0.4, -0.2) is 32.2 Å². The van der Waals surface area contributed by atoms with Crippen LogP contribution in [0, 0.1) is 10.1 Å². The van der Waals surface area contributed by atoms with Gasteiger partial charge in [0, 0.05) is 34.9 Å². The van der Waals surface area contributed by atoms with Crippen molar-refractivity contribution in [2.24, 2.45) is 0 Å². The molecule has 0 saturated carbocycles. The number of anilines is 1. The highest BCUT2D eigenvalue weighted by Crippen LogP contribution is 2.11. The maximum atomic E-state index is 11.1. The maximum absolute atomic E-state index is 11.1. The molecule has 0 amide bonds. The van der Waals surface area contributed by atoms with Gasteiger partial charge in [0.1, 0.15) is 12.0 Å². The highest BCUT2D eigenvalue weighted by Gasteiger charge is 2.04. The third kappa shape index (κ3) is 3.93. The molecule has 0 saturated heterocycles. The molecule has 1 unspecified atom stereocenters. The lowest BCUT2D eigenvalue weighted by molar-refractivity contribution is -0.385. The van der Waals surface area contributed by atoms with Gasteiger partial charge in [-0.1, -0.05) is 6.92 Å². The van der Waals surface area contributed by atoms with Crippen LogP contribution in [0.25, 0.3) is 0 Å². The van der Waals surface area contributed by atoms with Crippen LogP contribution >= 0.6 is 0 Å². The first kappa shape index (κ1) is 12.6. The Bertz CT molecular complexity index is 380. The summed E-state index contributed by atoms with van der Waals surface area (Å²) < 4.78 is 11.1. The Labute approximate surface area is 95.7 Å². The average Bonchev–Trinajstić information content (AvgIpc) is 2.29. The number of aromatic nitrogens is 1. The van der Waals surface area contributed by atoms with Gasteiger partial charge in [-0.05, 0) is 6.07 Å². The Morgan fingerprint density at radius 3 is 2.81 bits per heavy atom.